The molecular weight excluding hydrogens is 618 g/mol. The lowest BCUT2D eigenvalue weighted by molar-refractivity contribution is -0.138. The largest absolute Gasteiger partial charge is 0.447 e. The van der Waals surface area contributed by atoms with E-state index < -0.39 is 18.2 Å². The Bertz CT molecular complexity index is 1900. The lowest BCUT2D eigenvalue weighted by Crippen LogP contribution is -2.48. The molecular formula is C38H43N7O4. The van der Waals surface area contributed by atoms with Gasteiger partial charge in [0, 0.05) is 28.8 Å². The first-order chi connectivity index (χ1) is 23.8. The van der Waals surface area contributed by atoms with Crippen molar-refractivity contribution < 1.29 is 19.1 Å². The molecule has 11 heteroatoms. The third kappa shape index (κ3) is 8.01. The number of nitrogens with one attached hydrogen (secondary N) is 5. The Morgan fingerprint density at radius 3 is 2.45 bits per heavy atom. The number of rotatable bonds is 12. The minimum Gasteiger partial charge on any atom is -0.447 e. The van der Waals surface area contributed by atoms with Crippen molar-refractivity contribution in [2.45, 2.75) is 64.8 Å². The highest BCUT2D eigenvalue weighted by molar-refractivity contribution is 6.00. The number of imidazole rings is 1. The first-order valence-electron chi connectivity index (χ1n) is 16.9. The molecule has 0 aliphatic carbocycles. The molecule has 3 heterocycles. The van der Waals surface area contributed by atoms with Gasteiger partial charge < -0.3 is 35.6 Å². The molecule has 0 unspecified atom stereocenters. The normalized spacial score (nSPS) is 15.0. The van der Waals surface area contributed by atoms with E-state index in [1.54, 1.807) is 43.0 Å². The Morgan fingerprint density at radius 1 is 0.959 bits per heavy atom. The van der Waals surface area contributed by atoms with E-state index in [1.807, 2.05) is 30.5 Å². The van der Waals surface area contributed by atoms with Gasteiger partial charge in [0.2, 0.25) is 5.91 Å². The first kappa shape index (κ1) is 33.5. The van der Waals surface area contributed by atoms with Crippen molar-refractivity contribution in [2.75, 3.05) is 18.4 Å². The third-order valence-electron chi connectivity index (χ3n) is 8.57. The summed E-state index contributed by atoms with van der Waals surface area (Å²) in [5.74, 6) is 0.296. The van der Waals surface area contributed by atoms with Gasteiger partial charge in [0.05, 0.1) is 24.5 Å². The summed E-state index contributed by atoms with van der Waals surface area (Å²) in [6.07, 6.45) is 3.12. The maximum atomic E-state index is 13.9. The molecule has 254 valence electrons. The van der Waals surface area contributed by atoms with Gasteiger partial charge in [-0.1, -0.05) is 61.5 Å². The molecule has 2 atom stereocenters. The summed E-state index contributed by atoms with van der Waals surface area (Å²) in [6, 6.07) is 23.4. The Labute approximate surface area is 285 Å². The van der Waals surface area contributed by atoms with E-state index in [-0.39, 0.29) is 17.9 Å². The topological polar surface area (TPSA) is 144 Å². The standard InChI is InChI=1S/C38H43N7O4/c1-4-18-39-23-34-40-22-32(43-34)26-14-12-25(13-15-26)31-21-28-20-29(16-17-30(28)42-31)41-36(46)33-11-8-19-45(33)37(47)35(27-9-6-5-7-10-27)44-38(48)49-24(2)3/h5-7,9-10,12-17,20-22,24,33,35,39,42H,4,8,11,18-19,23H2,1-3H3,(H,40,43)(H,41,46)(H,44,48)/t33-,35+/m0/s1. The number of alkyl carbamates (subject to hydrolysis) is 1. The van der Waals surface area contributed by atoms with Crippen LogP contribution in [0.1, 0.15) is 57.5 Å². The molecule has 0 spiro atoms. The zero-order valence-corrected chi connectivity index (χ0v) is 28.1. The summed E-state index contributed by atoms with van der Waals surface area (Å²) in [5, 5.41) is 10.1. The number of nitrogens with zero attached hydrogens (tertiary/aromatic N) is 2. The smallest absolute Gasteiger partial charge is 0.408 e. The van der Waals surface area contributed by atoms with Crippen LogP contribution in [0.2, 0.25) is 0 Å². The minimum absolute atomic E-state index is 0.267. The van der Waals surface area contributed by atoms with Gasteiger partial charge in [-0.15, -0.1) is 0 Å². The average Bonchev–Trinajstić information content (AvgIpc) is 3.87. The molecule has 5 N–H and O–H groups in total. The van der Waals surface area contributed by atoms with Crippen molar-refractivity contribution >= 4 is 34.5 Å². The number of fused-ring (bicyclic) bond motifs is 1. The van der Waals surface area contributed by atoms with E-state index >= 15 is 0 Å². The summed E-state index contributed by atoms with van der Waals surface area (Å²) in [4.78, 5) is 52.9. The zero-order valence-electron chi connectivity index (χ0n) is 28.1. The molecule has 1 aliphatic heterocycles. The Hall–Kier alpha value is -5.42. The number of hydrogen-bond donors (Lipinski definition) is 5. The van der Waals surface area contributed by atoms with Crippen molar-refractivity contribution in [3.8, 4) is 22.5 Å². The maximum Gasteiger partial charge on any atom is 0.408 e. The number of likely N-dealkylation sites (tertiary alicyclic amines) is 1. The Kier molecular flexibility index (Phi) is 10.4. The van der Waals surface area contributed by atoms with Crippen LogP contribution in [-0.4, -0.2) is 63.0 Å². The molecule has 0 saturated carbocycles. The molecule has 6 rings (SSSR count). The second-order valence-electron chi connectivity index (χ2n) is 12.6. The van der Waals surface area contributed by atoms with Gasteiger partial charge in [0.1, 0.15) is 17.9 Å². The lowest BCUT2D eigenvalue weighted by Gasteiger charge is -2.29. The summed E-state index contributed by atoms with van der Waals surface area (Å²) in [6.45, 7) is 7.71. The maximum absolute atomic E-state index is 13.9. The number of aromatic amines is 2. The molecule has 5 aromatic rings. The van der Waals surface area contributed by atoms with Gasteiger partial charge >= 0.3 is 6.09 Å². The van der Waals surface area contributed by atoms with E-state index in [2.05, 4.69) is 68.2 Å². The summed E-state index contributed by atoms with van der Waals surface area (Å²) in [5.41, 5.74) is 6.22. The fourth-order valence-electron chi connectivity index (χ4n) is 6.17. The van der Waals surface area contributed by atoms with Gasteiger partial charge in [0.25, 0.3) is 5.91 Å². The highest BCUT2D eigenvalue weighted by Crippen LogP contribution is 2.29. The number of H-pyrrole nitrogens is 2. The fraction of sp³-hybridized carbons (Fsp3) is 0.316. The predicted octanol–water partition coefficient (Wildman–Crippen LogP) is 6.53. The zero-order chi connectivity index (χ0) is 34.3. The summed E-state index contributed by atoms with van der Waals surface area (Å²) in [7, 11) is 0. The van der Waals surface area contributed by atoms with Crippen LogP contribution in [0.25, 0.3) is 33.4 Å². The molecule has 0 radical (unpaired) electrons. The van der Waals surface area contributed by atoms with Crippen LogP contribution in [0, 0.1) is 0 Å². The number of carbonyl (C=O) groups is 3. The monoisotopic (exact) mass is 661 g/mol. The van der Waals surface area contributed by atoms with Gasteiger partial charge in [-0.25, -0.2) is 9.78 Å². The van der Waals surface area contributed by atoms with Crippen molar-refractivity contribution in [1.82, 2.24) is 30.5 Å². The van der Waals surface area contributed by atoms with E-state index in [0.29, 0.717) is 37.2 Å². The number of amides is 3. The third-order valence-corrected chi connectivity index (χ3v) is 8.57. The number of aromatic nitrogens is 3. The molecule has 11 nitrogen and oxygen atoms in total. The summed E-state index contributed by atoms with van der Waals surface area (Å²) >= 11 is 0. The van der Waals surface area contributed by atoms with Crippen molar-refractivity contribution in [2.24, 2.45) is 0 Å². The second-order valence-corrected chi connectivity index (χ2v) is 12.6. The number of anilines is 1. The van der Waals surface area contributed by atoms with Crippen LogP contribution in [0.15, 0.2) is 85.1 Å². The van der Waals surface area contributed by atoms with Crippen LogP contribution in [0.5, 0.6) is 0 Å². The van der Waals surface area contributed by atoms with Gasteiger partial charge in [-0.2, -0.15) is 0 Å². The average molecular weight is 662 g/mol. The van der Waals surface area contributed by atoms with Gasteiger partial charge in [-0.05, 0) is 80.6 Å². The van der Waals surface area contributed by atoms with E-state index in [0.717, 1.165) is 52.2 Å². The van der Waals surface area contributed by atoms with Crippen LogP contribution >= 0.6 is 0 Å². The van der Waals surface area contributed by atoms with E-state index in [9.17, 15) is 14.4 Å². The highest BCUT2D eigenvalue weighted by atomic mass is 16.6. The Balaban J connectivity index is 1.13. The van der Waals surface area contributed by atoms with Crippen LogP contribution < -0.4 is 16.0 Å². The quantitative estimate of drug-likeness (QED) is 0.0962. The van der Waals surface area contributed by atoms with Crippen molar-refractivity contribution in [3.63, 3.8) is 0 Å². The molecule has 3 amide bonds. The van der Waals surface area contributed by atoms with Crippen LogP contribution in [0.4, 0.5) is 10.5 Å². The highest BCUT2D eigenvalue weighted by Gasteiger charge is 2.38. The van der Waals surface area contributed by atoms with E-state index in [1.165, 1.54) is 0 Å². The van der Waals surface area contributed by atoms with Crippen molar-refractivity contribution in [1.29, 1.82) is 0 Å². The van der Waals surface area contributed by atoms with Crippen molar-refractivity contribution in [3.05, 3.63) is 96.4 Å². The molecule has 2 aromatic heterocycles. The molecule has 0 bridgehead atoms. The van der Waals surface area contributed by atoms with Gasteiger partial charge in [-0.3, -0.25) is 9.59 Å². The molecule has 49 heavy (non-hydrogen) atoms. The fourth-order valence-corrected chi connectivity index (χ4v) is 6.17. The Morgan fingerprint density at radius 2 is 1.71 bits per heavy atom. The molecule has 3 aromatic carbocycles. The van der Waals surface area contributed by atoms with E-state index in [4.69, 9.17) is 4.74 Å². The van der Waals surface area contributed by atoms with Crippen LogP contribution in [-0.2, 0) is 20.9 Å². The molecule has 1 fully saturated rings. The second kappa shape index (κ2) is 15.2. The van der Waals surface area contributed by atoms with Crippen LogP contribution in [0.3, 0.4) is 0 Å². The number of ether oxygens (including phenoxy) is 1. The first-order valence-corrected chi connectivity index (χ1v) is 16.9. The number of benzene rings is 3. The summed E-state index contributed by atoms with van der Waals surface area (Å²) < 4.78 is 5.26. The molecule has 1 saturated heterocycles. The lowest BCUT2D eigenvalue weighted by atomic mass is 10.0. The predicted molar refractivity (Wildman–Crippen MR) is 191 cm³/mol. The minimum atomic E-state index is -0.977. The SMILES string of the molecule is CCCNCc1ncc(-c2ccc(-c3cc4cc(NC(=O)[C@@H]5CCCN5C(=O)[C@H](NC(=O)OC(C)C)c5ccccc5)ccc4[nH]3)cc2)[nH]1. The number of carbonyl (C=O) groups excluding carboxylic acids is 3. The number of hydrogen-bond acceptors (Lipinski definition) is 6. The molecule has 1 aliphatic rings. The van der Waals surface area contributed by atoms with Gasteiger partial charge in [0.15, 0.2) is 0 Å².